The third-order valence-electron chi connectivity index (χ3n) is 10.4. The Morgan fingerprint density at radius 1 is 0.875 bits per heavy atom. The van der Waals surface area contributed by atoms with Gasteiger partial charge in [0.15, 0.2) is 0 Å². The van der Waals surface area contributed by atoms with Crippen LogP contribution in [-0.2, 0) is 33.4 Å². The Morgan fingerprint density at radius 2 is 1.68 bits per heavy atom. The van der Waals surface area contributed by atoms with E-state index in [1.807, 2.05) is 48.1 Å². The summed E-state index contributed by atoms with van der Waals surface area (Å²) >= 11 is 6.90. The maximum Gasteiger partial charge on any atom is 0.142 e. The summed E-state index contributed by atoms with van der Waals surface area (Å²) in [4.78, 5) is 6.48. The molecule has 1 fully saturated rings. The van der Waals surface area contributed by atoms with Crippen LogP contribution in [0.3, 0.4) is 0 Å². The molecule has 1 aliphatic heterocycles. The van der Waals surface area contributed by atoms with Crippen molar-refractivity contribution in [2.75, 3.05) is 26.2 Å². The molecule has 0 amide bonds. The topological polar surface area (TPSA) is 118 Å². The Kier molecular flexibility index (Phi) is 12.5. The number of nitrogens with zero attached hydrogens (tertiary/aromatic N) is 5. The zero-order valence-electron chi connectivity index (χ0n) is 32.1. The number of para-hydroxylation sites is 1. The molecule has 0 bridgehead atoms. The highest BCUT2D eigenvalue weighted by atomic mass is 35.5. The lowest BCUT2D eigenvalue weighted by Gasteiger charge is -2.19. The Labute approximate surface area is 333 Å². The Morgan fingerprint density at radius 3 is 2.50 bits per heavy atom. The number of ether oxygens (including phenoxy) is 3. The number of aliphatic hydroxyl groups is 1. The molecule has 1 atom stereocenters. The van der Waals surface area contributed by atoms with Crippen LogP contribution in [-0.4, -0.2) is 57.1 Å². The molecule has 10 nitrogen and oxygen atoms in total. The second-order valence-corrected chi connectivity index (χ2v) is 14.7. The normalized spacial score (nSPS) is 14.2. The molecule has 11 heteroatoms. The first-order chi connectivity index (χ1) is 27.3. The summed E-state index contributed by atoms with van der Waals surface area (Å²) in [5, 5.41) is 29.0. The van der Waals surface area contributed by atoms with Crippen LogP contribution in [0, 0.1) is 25.2 Å². The number of aromatic nitrogens is 3. The van der Waals surface area contributed by atoms with Crippen LogP contribution in [0.2, 0.25) is 5.02 Å². The number of nitriles is 1. The van der Waals surface area contributed by atoms with Crippen molar-refractivity contribution in [1.82, 2.24) is 25.0 Å². The lowest BCUT2D eigenvalue weighted by atomic mass is 9.93. The number of benzene rings is 4. The van der Waals surface area contributed by atoms with Gasteiger partial charge in [0.25, 0.3) is 0 Å². The van der Waals surface area contributed by atoms with Crippen LogP contribution in [0.4, 0.5) is 0 Å². The van der Waals surface area contributed by atoms with Gasteiger partial charge < -0.3 is 29.5 Å². The van der Waals surface area contributed by atoms with Crippen molar-refractivity contribution in [2.45, 2.75) is 59.1 Å². The number of hydrogen-bond acceptors (Lipinski definition) is 9. The molecular formula is C45H47ClN6O4. The second kappa shape index (κ2) is 18.0. The molecule has 1 aliphatic rings. The largest absolute Gasteiger partial charge is 0.493 e. The first-order valence-corrected chi connectivity index (χ1v) is 19.4. The van der Waals surface area contributed by atoms with Crippen molar-refractivity contribution in [2.24, 2.45) is 7.05 Å². The molecule has 0 saturated carbocycles. The molecule has 3 heterocycles. The van der Waals surface area contributed by atoms with Crippen molar-refractivity contribution in [3.05, 3.63) is 135 Å². The van der Waals surface area contributed by atoms with E-state index in [-0.39, 0.29) is 12.7 Å². The van der Waals surface area contributed by atoms with Gasteiger partial charge in [-0.05, 0) is 78.8 Å². The standard InChI is InChI=1S/C45H47ClN6O4/c1-30-34(9-6-11-37(30)38-12-7-14-43(31(38)2)54-18-8-16-52-17-15-36(53)27-52)29-56-45-21-44(55-28-33-19-32(22-47)23-48-24-33)35(20-40(45)46)25-49-26-41-39-10-4-5-13-42(39)51(3)50-41/h4-7,9-14,19-21,23-24,36,49,53H,8,15-18,25-29H2,1-3H3. The molecule has 0 radical (unpaired) electrons. The minimum Gasteiger partial charge on any atom is -0.493 e. The van der Waals surface area contributed by atoms with E-state index in [0.717, 1.165) is 93.8 Å². The summed E-state index contributed by atoms with van der Waals surface area (Å²) in [6.07, 6.45) is 4.78. The van der Waals surface area contributed by atoms with Gasteiger partial charge in [0.1, 0.15) is 36.5 Å². The summed E-state index contributed by atoms with van der Waals surface area (Å²) in [6.45, 7) is 9.01. The third kappa shape index (κ3) is 9.15. The number of pyridine rings is 1. The lowest BCUT2D eigenvalue weighted by Crippen LogP contribution is -2.24. The van der Waals surface area contributed by atoms with E-state index in [9.17, 15) is 10.4 Å². The number of hydrogen-bond donors (Lipinski definition) is 2. The fourth-order valence-electron chi connectivity index (χ4n) is 7.32. The van der Waals surface area contributed by atoms with E-state index in [4.69, 9.17) is 30.9 Å². The molecule has 4 aromatic carbocycles. The van der Waals surface area contributed by atoms with Crippen LogP contribution >= 0.6 is 11.6 Å². The van der Waals surface area contributed by atoms with Crippen LogP contribution in [0.15, 0.2) is 91.3 Å². The number of aliphatic hydroxyl groups excluding tert-OH is 1. The number of halogens is 1. The zero-order valence-corrected chi connectivity index (χ0v) is 32.9. The molecule has 2 aromatic heterocycles. The molecule has 288 valence electrons. The SMILES string of the molecule is Cc1c(COc2cc(OCc3cncc(C#N)c3)c(CNCc3nn(C)c4ccccc34)cc2Cl)cccc1-c1cccc(OCCCN2CCC(O)C2)c1C. The molecule has 56 heavy (non-hydrogen) atoms. The van der Waals surface area contributed by atoms with Crippen LogP contribution < -0.4 is 19.5 Å². The van der Waals surface area contributed by atoms with Crippen molar-refractivity contribution < 1.29 is 19.3 Å². The zero-order chi connectivity index (χ0) is 39.0. The van der Waals surface area contributed by atoms with Gasteiger partial charge in [-0.1, -0.05) is 60.1 Å². The minimum absolute atomic E-state index is 0.204. The van der Waals surface area contributed by atoms with Gasteiger partial charge in [0.05, 0.1) is 34.5 Å². The van der Waals surface area contributed by atoms with Crippen molar-refractivity contribution in [3.63, 3.8) is 0 Å². The highest BCUT2D eigenvalue weighted by molar-refractivity contribution is 6.32. The highest BCUT2D eigenvalue weighted by Crippen LogP contribution is 2.36. The van der Waals surface area contributed by atoms with Crippen LogP contribution in [0.25, 0.3) is 22.0 Å². The highest BCUT2D eigenvalue weighted by Gasteiger charge is 2.20. The second-order valence-electron chi connectivity index (χ2n) is 14.3. The first kappa shape index (κ1) is 38.8. The summed E-state index contributed by atoms with van der Waals surface area (Å²) in [6, 6.07) is 28.3. The Hall–Kier alpha value is -5.44. The molecule has 1 unspecified atom stereocenters. The van der Waals surface area contributed by atoms with Crippen LogP contribution in [0.1, 0.15) is 51.9 Å². The van der Waals surface area contributed by atoms with Gasteiger partial charge in [-0.2, -0.15) is 10.4 Å². The predicted molar refractivity (Wildman–Crippen MR) is 219 cm³/mol. The molecule has 2 N–H and O–H groups in total. The predicted octanol–water partition coefficient (Wildman–Crippen LogP) is 8.06. The molecule has 0 spiro atoms. The molecule has 1 saturated heterocycles. The van der Waals surface area contributed by atoms with E-state index in [2.05, 4.69) is 71.5 Å². The average molecular weight is 771 g/mol. The van der Waals surface area contributed by atoms with Gasteiger partial charge in [-0.15, -0.1) is 0 Å². The smallest absolute Gasteiger partial charge is 0.142 e. The van der Waals surface area contributed by atoms with Crippen molar-refractivity contribution in [1.29, 1.82) is 5.26 Å². The minimum atomic E-state index is -0.204. The van der Waals surface area contributed by atoms with Gasteiger partial charge >= 0.3 is 0 Å². The van der Waals surface area contributed by atoms with E-state index < -0.39 is 0 Å². The number of nitrogens with one attached hydrogen (secondary N) is 1. The Balaban J connectivity index is 1.06. The van der Waals surface area contributed by atoms with Gasteiger partial charge in [-0.25, -0.2) is 0 Å². The monoisotopic (exact) mass is 770 g/mol. The number of rotatable bonds is 16. The number of β-amino-alcohol motifs (C(OH)–C–C–N with tert-alkyl or cyclic N) is 1. The molecule has 0 aliphatic carbocycles. The quantitative estimate of drug-likeness (QED) is 0.0943. The third-order valence-corrected chi connectivity index (χ3v) is 10.7. The lowest BCUT2D eigenvalue weighted by molar-refractivity contribution is 0.173. The van der Waals surface area contributed by atoms with E-state index >= 15 is 0 Å². The van der Waals surface area contributed by atoms with E-state index in [1.54, 1.807) is 12.3 Å². The summed E-state index contributed by atoms with van der Waals surface area (Å²) in [5.74, 6) is 1.99. The first-order valence-electron chi connectivity index (χ1n) is 19.0. The number of fused-ring (bicyclic) bond motifs is 1. The van der Waals surface area contributed by atoms with E-state index in [1.165, 1.54) is 6.20 Å². The number of likely N-dealkylation sites (tertiary alicyclic amines) is 1. The van der Waals surface area contributed by atoms with Crippen LogP contribution in [0.5, 0.6) is 17.2 Å². The summed E-state index contributed by atoms with van der Waals surface area (Å²) < 4.78 is 20.9. The summed E-state index contributed by atoms with van der Waals surface area (Å²) in [5.41, 5.74) is 9.61. The van der Waals surface area contributed by atoms with Gasteiger partial charge in [0, 0.05) is 74.7 Å². The van der Waals surface area contributed by atoms with Crippen molar-refractivity contribution in [3.8, 4) is 34.4 Å². The fraction of sp³-hybridized carbons (Fsp3) is 0.311. The maximum absolute atomic E-state index is 9.82. The fourth-order valence-corrected chi connectivity index (χ4v) is 7.56. The average Bonchev–Trinajstić information content (AvgIpc) is 3.78. The van der Waals surface area contributed by atoms with E-state index in [0.29, 0.717) is 48.4 Å². The summed E-state index contributed by atoms with van der Waals surface area (Å²) in [7, 11) is 1.95. The molecular weight excluding hydrogens is 724 g/mol. The molecule has 7 rings (SSSR count). The maximum atomic E-state index is 9.82. The van der Waals surface area contributed by atoms with Gasteiger partial charge in [0.2, 0.25) is 0 Å². The molecule has 6 aromatic rings. The van der Waals surface area contributed by atoms with Gasteiger partial charge in [-0.3, -0.25) is 9.67 Å². The van der Waals surface area contributed by atoms with Crippen molar-refractivity contribution >= 4 is 22.5 Å². The number of aryl methyl sites for hydroxylation is 1. The Bertz CT molecular complexity index is 2350.